The van der Waals surface area contributed by atoms with Crippen LogP contribution in [0.15, 0.2) is 29.2 Å². The number of hydrogen-bond acceptors (Lipinski definition) is 4. The molecule has 7 heteroatoms. The predicted octanol–water partition coefficient (Wildman–Crippen LogP) is 1.10. The summed E-state index contributed by atoms with van der Waals surface area (Å²) in [7, 11) is -6.73. The van der Waals surface area contributed by atoms with Crippen LogP contribution < -0.4 is 4.72 Å². The smallest absolute Gasteiger partial charge is 0.229 e. The van der Waals surface area contributed by atoms with Crippen LogP contribution in [0.5, 0.6) is 0 Å². The van der Waals surface area contributed by atoms with Gasteiger partial charge in [0.05, 0.1) is 16.4 Å². The van der Waals surface area contributed by atoms with Gasteiger partial charge in [-0.1, -0.05) is 25.5 Å². The molecule has 1 unspecified atom stereocenters. The monoisotopic (exact) mass is 317 g/mol. The zero-order chi connectivity index (χ0) is 14.8. The lowest BCUT2D eigenvalue weighted by molar-refractivity contribution is 0.562. The maximum absolute atomic E-state index is 12.2. The number of hydrogen-bond donors (Lipinski definition) is 1. The number of nitrogens with one attached hydrogen (secondary N) is 1. The molecule has 0 bridgehead atoms. The molecule has 1 aromatic rings. The summed E-state index contributed by atoms with van der Waals surface area (Å²) in [6.07, 6.45) is 2.26. The van der Waals surface area contributed by atoms with Gasteiger partial charge < -0.3 is 0 Å². The van der Waals surface area contributed by atoms with Gasteiger partial charge in [-0.05, 0) is 30.5 Å². The minimum Gasteiger partial charge on any atom is -0.229 e. The average Bonchev–Trinajstić information content (AvgIpc) is 2.69. The Labute approximate surface area is 120 Å². The van der Waals surface area contributed by atoms with Crippen molar-refractivity contribution in [2.75, 3.05) is 11.5 Å². The molecule has 0 spiro atoms. The largest absolute Gasteiger partial charge is 0.240 e. The summed E-state index contributed by atoms with van der Waals surface area (Å²) < 4.78 is 49.5. The predicted molar refractivity (Wildman–Crippen MR) is 77.8 cm³/mol. The van der Waals surface area contributed by atoms with E-state index in [-0.39, 0.29) is 16.4 Å². The van der Waals surface area contributed by atoms with Gasteiger partial charge >= 0.3 is 0 Å². The minimum absolute atomic E-state index is 0.0512. The topological polar surface area (TPSA) is 80.3 Å². The van der Waals surface area contributed by atoms with Crippen molar-refractivity contribution < 1.29 is 16.8 Å². The van der Waals surface area contributed by atoms with Crippen LogP contribution in [0.1, 0.15) is 25.3 Å². The van der Waals surface area contributed by atoms with E-state index < -0.39 is 25.9 Å². The Bertz CT molecular complexity index is 663. The van der Waals surface area contributed by atoms with Crippen LogP contribution in [0, 0.1) is 0 Å². The SMILES string of the molecule is CCCc1ccc(S(=O)(=O)NC2CCS(=O)(=O)C2)cc1. The molecule has 1 heterocycles. The van der Waals surface area contributed by atoms with Crippen LogP contribution in [0.3, 0.4) is 0 Å². The molecular weight excluding hydrogens is 298 g/mol. The fourth-order valence-electron chi connectivity index (χ4n) is 2.30. The van der Waals surface area contributed by atoms with Gasteiger partial charge in [-0.15, -0.1) is 0 Å². The summed E-state index contributed by atoms with van der Waals surface area (Å²) in [4.78, 5) is 0.182. The minimum atomic E-state index is -3.64. The van der Waals surface area contributed by atoms with Crippen molar-refractivity contribution in [3.63, 3.8) is 0 Å². The van der Waals surface area contributed by atoms with Crippen LogP contribution in [-0.2, 0) is 26.3 Å². The summed E-state index contributed by atoms with van der Waals surface area (Å²) in [5.74, 6) is -0.0597. The third kappa shape index (κ3) is 3.80. The summed E-state index contributed by atoms with van der Waals surface area (Å²) in [6.45, 7) is 2.06. The molecule has 0 radical (unpaired) electrons. The fourth-order valence-corrected chi connectivity index (χ4v) is 5.35. The Morgan fingerprint density at radius 3 is 2.40 bits per heavy atom. The van der Waals surface area contributed by atoms with Crippen LogP contribution >= 0.6 is 0 Å². The standard InChI is InChI=1S/C13H19NO4S2/c1-2-3-11-4-6-13(7-5-11)20(17,18)14-12-8-9-19(15,16)10-12/h4-7,12,14H,2-3,8-10H2,1H3. The molecule has 0 amide bonds. The van der Waals surface area contributed by atoms with Crippen molar-refractivity contribution in [3.05, 3.63) is 29.8 Å². The average molecular weight is 317 g/mol. The normalized spacial score (nSPS) is 21.9. The highest BCUT2D eigenvalue weighted by atomic mass is 32.2. The van der Waals surface area contributed by atoms with Gasteiger partial charge in [-0.25, -0.2) is 21.6 Å². The first-order valence-corrected chi connectivity index (χ1v) is 9.94. The van der Waals surface area contributed by atoms with Crippen molar-refractivity contribution in [2.24, 2.45) is 0 Å². The molecule has 1 fully saturated rings. The Hall–Kier alpha value is -0.920. The Morgan fingerprint density at radius 2 is 1.90 bits per heavy atom. The molecule has 1 atom stereocenters. The van der Waals surface area contributed by atoms with E-state index in [9.17, 15) is 16.8 Å². The van der Waals surface area contributed by atoms with E-state index in [0.717, 1.165) is 18.4 Å². The van der Waals surface area contributed by atoms with E-state index in [1.54, 1.807) is 24.3 Å². The van der Waals surface area contributed by atoms with Crippen molar-refractivity contribution in [2.45, 2.75) is 37.1 Å². The maximum atomic E-state index is 12.2. The summed E-state index contributed by atoms with van der Waals surface area (Å²) in [6, 6.07) is 6.21. The van der Waals surface area contributed by atoms with Gasteiger partial charge in [0.1, 0.15) is 0 Å². The fraction of sp³-hybridized carbons (Fsp3) is 0.538. The molecule has 1 aliphatic rings. The highest BCUT2D eigenvalue weighted by Crippen LogP contribution is 2.16. The van der Waals surface area contributed by atoms with Crippen LogP contribution in [-0.4, -0.2) is 34.4 Å². The molecule has 5 nitrogen and oxygen atoms in total. The van der Waals surface area contributed by atoms with E-state index in [1.807, 2.05) is 0 Å². The lowest BCUT2D eigenvalue weighted by atomic mass is 10.1. The van der Waals surface area contributed by atoms with Crippen molar-refractivity contribution in [3.8, 4) is 0 Å². The zero-order valence-corrected chi connectivity index (χ0v) is 13.0. The molecule has 2 rings (SSSR count). The third-order valence-electron chi connectivity index (χ3n) is 3.33. The number of aryl methyl sites for hydroxylation is 1. The molecule has 20 heavy (non-hydrogen) atoms. The number of sulfone groups is 1. The van der Waals surface area contributed by atoms with Gasteiger partial charge in [0.15, 0.2) is 9.84 Å². The van der Waals surface area contributed by atoms with Crippen LogP contribution in [0.4, 0.5) is 0 Å². The Morgan fingerprint density at radius 1 is 1.25 bits per heavy atom. The van der Waals surface area contributed by atoms with E-state index in [1.165, 1.54) is 0 Å². The number of sulfonamides is 1. The molecule has 1 N–H and O–H groups in total. The van der Waals surface area contributed by atoms with Crippen LogP contribution in [0.2, 0.25) is 0 Å². The van der Waals surface area contributed by atoms with Gasteiger partial charge in [0, 0.05) is 6.04 Å². The number of rotatable bonds is 5. The van der Waals surface area contributed by atoms with Gasteiger partial charge in [-0.2, -0.15) is 0 Å². The van der Waals surface area contributed by atoms with Crippen molar-refractivity contribution in [1.82, 2.24) is 4.72 Å². The molecular formula is C13H19NO4S2. The molecule has 1 saturated heterocycles. The molecule has 1 aromatic carbocycles. The first kappa shape index (κ1) is 15.5. The molecule has 112 valence electrons. The summed E-state index contributed by atoms with van der Waals surface area (Å²) in [5.41, 5.74) is 1.09. The van der Waals surface area contributed by atoms with E-state index in [2.05, 4.69) is 11.6 Å². The molecule has 0 aromatic heterocycles. The molecule has 1 aliphatic heterocycles. The van der Waals surface area contributed by atoms with Gasteiger partial charge in [0.2, 0.25) is 10.0 Å². The Balaban J connectivity index is 2.10. The van der Waals surface area contributed by atoms with E-state index >= 15 is 0 Å². The second kappa shape index (κ2) is 5.83. The first-order valence-electron chi connectivity index (χ1n) is 6.64. The summed E-state index contributed by atoms with van der Waals surface area (Å²) in [5, 5.41) is 0. The maximum Gasteiger partial charge on any atom is 0.240 e. The van der Waals surface area contributed by atoms with E-state index in [4.69, 9.17) is 0 Å². The Kier molecular flexibility index (Phi) is 4.51. The van der Waals surface area contributed by atoms with E-state index in [0.29, 0.717) is 6.42 Å². The molecule has 0 saturated carbocycles. The quantitative estimate of drug-likeness (QED) is 0.882. The first-order chi connectivity index (χ1) is 9.32. The van der Waals surface area contributed by atoms with Crippen molar-refractivity contribution >= 4 is 19.9 Å². The third-order valence-corrected chi connectivity index (χ3v) is 6.63. The highest BCUT2D eigenvalue weighted by molar-refractivity contribution is 7.92. The van der Waals surface area contributed by atoms with Crippen LogP contribution in [0.25, 0.3) is 0 Å². The molecule has 0 aliphatic carbocycles. The van der Waals surface area contributed by atoms with Crippen molar-refractivity contribution in [1.29, 1.82) is 0 Å². The van der Waals surface area contributed by atoms with Gasteiger partial charge in [-0.3, -0.25) is 0 Å². The second-order valence-electron chi connectivity index (χ2n) is 5.12. The second-order valence-corrected chi connectivity index (χ2v) is 9.06. The number of benzene rings is 1. The zero-order valence-electron chi connectivity index (χ0n) is 11.4. The lowest BCUT2D eigenvalue weighted by Crippen LogP contribution is -2.35. The van der Waals surface area contributed by atoms with Gasteiger partial charge in [0.25, 0.3) is 0 Å². The lowest BCUT2D eigenvalue weighted by Gasteiger charge is -2.11. The summed E-state index contributed by atoms with van der Waals surface area (Å²) >= 11 is 0. The highest BCUT2D eigenvalue weighted by Gasteiger charge is 2.31.